The lowest BCUT2D eigenvalue weighted by molar-refractivity contribution is -0.115. The molecular formula is C18H25N5OS. The second-order valence-corrected chi connectivity index (χ2v) is 8.01. The number of hydrogen-bond acceptors (Lipinski definition) is 7. The molecule has 0 saturated carbocycles. The summed E-state index contributed by atoms with van der Waals surface area (Å²) in [6, 6.07) is 2.24. The maximum atomic E-state index is 6.26. The number of nitrogens with one attached hydrogen (secondary N) is 1. The highest BCUT2D eigenvalue weighted by atomic mass is 32.1. The molecule has 0 aromatic carbocycles. The lowest BCUT2D eigenvalue weighted by atomic mass is 9.82. The monoisotopic (exact) mass is 359 g/mol. The highest BCUT2D eigenvalue weighted by Gasteiger charge is 2.40. The van der Waals surface area contributed by atoms with Crippen LogP contribution in [0.15, 0.2) is 24.0 Å². The van der Waals surface area contributed by atoms with Gasteiger partial charge in [0, 0.05) is 49.6 Å². The number of rotatable bonds is 4. The van der Waals surface area contributed by atoms with E-state index in [-0.39, 0.29) is 5.60 Å². The molecule has 0 amide bonds. The molecule has 25 heavy (non-hydrogen) atoms. The van der Waals surface area contributed by atoms with Crippen molar-refractivity contribution in [1.82, 2.24) is 19.9 Å². The molecule has 2 aliphatic rings. The summed E-state index contributed by atoms with van der Waals surface area (Å²) in [5.41, 5.74) is 3.14. The Kier molecular flexibility index (Phi) is 4.96. The third-order valence-electron chi connectivity index (χ3n) is 5.37. The molecule has 2 aromatic heterocycles. The molecule has 1 atom stereocenters. The first-order valence-electron chi connectivity index (χ1n) is 9.01. The molecule has 1 spiro atoms. The van der Waals surface area contributed by atoms with Crippen LogP contribution in [0.4, 0.5) is 5.95 Å². The maximum Gasteiger partial charge on any atom is 0.222 e. The smallest absolute Gasteiger partial charge is 0.222 e. The quantitative estimate of drug-likeness (QED) is 0.906. The van der Waals surface area contributed by atoms with Crippen molar-refractivity contribution < 1.29 is 4.74 Å². The van der Waals surface area contributed by atoms with Crippen LogP contribution in [-0.4, -0.2) is 51.2 Å². The Morgan fingerprint density at radius 1 is 1.28 bits per heavy atom. The van der Waals surface area contributed by atoms with Gasteiger partial charge in [-0.05, 0) is 38.7 Å². The van der Waals surface area contributed by atoms with Crippen molar-refractivity contribution >= 4 is 17.3 Å². The molecule has 2 aliphatic heterocycles. The molecular weight excluding hydrogens is 334 g/mol. The highest BCUT2D eigenvalue weighted by Crippen LogP contribution is 2.36. The van der Waals surface area contributed by atoms with Crippen molar-refractivity contribution in [3.63, 3.8) is 0 Å². The van der Waals surface area contributed by atoms with Gasteiger partial charge >= 0.3 is 0 Å². The van der Waals surface area contributed by atoms with Gasteiger partial charge in [-0.1, -0.05) is 0 Å². The van der Waals surface area contributed by atoms with E-state index in [1.54, 1.807) is 23.7 Å². The molecule has 0 aliphatic carbocycles. The van der Waals surface area contributed by atoms with Gasteiger partial charge in [-0.2, -0.15) is 0 Å². The Morgan fingerprint density at radius 3 is 2.80 bits per heavy atom. The van der Waals surface area contributed by atoms with Gasteiger partial charge < -0.3 is 10.1 Å². The minimum atomic E-state index is 0.0178. The van der Waals surface area contributed by atoms with Crippen LogP contribution in [0.25, 0.3) is 0 Å². The van der Waals surface area contributed by atoms with Crippen molar-refractivity contribution in [2.24, 2.45) is 0 Å². The number of thiazole rings is 1. The van der Waals surface area contributed by atoms with E-state index in [0.717, 1.165) is 57.9 Å². The summed E-state index contributed by atoms with van der Waals surface area (Å²) >= 11 is 1.76. The standard InChI is InChI=1S/C18H25N5OS/c1-14-16(25-13-21-14)12-23-8-4-18(5-9-23)11-15(3-10-24-18)22-17-19-6-2-7-20-17/h2,6-7,13,15H,3-5,8-12H2,1H3,(H,19,20,22)/t15-/m1/s1. The van der Waals surface area contributed by atoms with E-state index in [9.17, 15) is 0 Å². The summed E-state index contributed by atoms with van der Waals surface area (Å²) < 4.78 is 6.26. The summed E-state index contributed by atoms with van der Waals surface area (Å²) in [5.74, 6) is 0.725. The molecule has 4 heterocycles. The predicted octanol–water partition coefficient (Wildman–Crippen LogP) is 2.87. The second-order valence-electron chi connectivity index (χ2n) is 7.08. The first kappa shape index (κ1) is 16.9. The summed E-state index contributed by atoms with van der Waals surface area (Å²) in [5, 5.41) is 3.49. The van der Waals surface area contributed by atoms with E-state index in [4.69, 9.17) is 4.74 Å². The topological polar surface area (TPSA) is 63.2 Å². The summed E-state index contributed by atoms with van der Waals surface area (Å²) in [7, 11) is 0. The van der Waals surface area contributed by atoms with Crippen LogP contribution in [0.1, 0.15) is 36.3 Å². The van der Waals surface area contributed by atoms with Crippen LogP contribution in [0.3, 0.4) is 0 Å². The number of hydrogen-bond donors (Lipinski definition) is 1. The normalized spacial score (nSPS) is 23.6. The molecule has 2 fully saturated rings. The molecule has 0 radical (unpaired) electrons. The fourth-order valence-corrected chi connectivity index (χ4v) is 4.67. The van der Waals surface area contributed by atoms with Gasteiger partial charge in [-0.3, -0.25) is 4.90 Å². The van der Waals surface area contributed by atoms with Gasteiger partial charge in [-0.25, -0.2) is 15.0 Å². The zero-order valence-corrected chi connectivity index (χ0v) is 15.5. The molecule has 6 nitrogen and oxygen atoms in total. The number of anilines is 1. The van der Waals surface area contributed by atoms with E-state index >= 15 is 0 Å². The third kappa shape index (κ3) is 3.99. The van der Waals surface area contributed by atoms with Crippen molar-refractivity contribution in [3.05, 3.63) is 34.5 Å². The van der Waals surface area contributed by atoms with E-state index in [1.807, 2.05) is 11.6 Å². The van der Waals surface area contributed by atoms with Crippen molar-refractivity contribution in [2.45, 2.75) is 50.8 Å². The van der Waals surface area contributed by atoms with Crippen LogP contribution >= 0.6 is 11.3 Å². The van der Waals surface area contributed by atoms with Gasteiger partial charge in [0.05, 0.1) is 16.8 Å². The second kappa shape index (κ2) is 7.35. The van der Waals surface area contributed by atoms with E-state index in [1.165, 1.54) is 10.6 Å². The van der Waals surface area contributed by atoms with Gasteiger partial charge in [-0.15, -0.1) is 11.3 Å². The molecule has 2 saturated heterocycles. The highest BCUT2D eigenvalue weighted by molar-refractivity contribution is 7.09. The van der Waals surface area contributed by atoms with Gasteiger partial charge in [0.2, 0.25) is 5.95 Å². The fraction of sp³-hybridized carbons (Fsp3) is 0.611. The number of aromatic nitrogens is 3. The number of aryl methyl sites for hydroxylation is 1. The van der Waals surface area contributed by atoms with Crippen LogP contribution in [0.2, 0.25) is 0 Å². The van der Waals surface area contributed by atoms with Crippen LogP contribution < -0.4 is 5.32 Å². The minimum absolute atomic E-state index is 0.0178. The molecule has 2 aromatic rings. The Morgan fingerprint density at radius 2 is 2.08 bits per heavy atom. The van der Waals surface area contributed by atoms with Crippen LogP contribution in [0.5, 0.6) is 0 Å². The Hall–Kier alpha value is -1.57. The molecule has 1 N–H and O–H groups in total. The van der Waals surface area contributed by atoms with E-state index in [0.29, 0.717) is 6.04 Å². The lowest BCUT2D eigenvalue weighted by Gasteiger charge is -2.46. The van der Waals surface area contributed by atoms with E-state index in [2.05, 4.69) is 32.1 Å². The number of piperidine rings is 1. The average Bonchev–Trinajstić information content (AvgIpc) is 3.03. The summed E-state index contributed by atoms with van der Waals surface area (Å²) in [6.45, 7) is 6.12. The van der Waals surface area contributed by atoms with Crippen LogP contribution in [0, 0.1) is 6.92 Å². The minimum Gasteiger partial charge on any atom is -0.375 e. The van der Waals surface area contributed by atoms with Crippen LogP contribution in [-0.2, 0) is 11.3 Å². The Bertz CT molecular complexity index is 684. The molecule has 0 unspecified atom stereocenters. The first-order chi connectivity index (χ1) is 12.2. The Labute approximate surface area is 152 Å². The Balaban J connectivity index is 1.33. The van der Waals surface area contributed by atoms with Crippen molar-refractivity contribution in [3.8, 4) is 0 Å². The molecule has 0 bridgehead atoms. The predicted molar refractivity (Wildman–Crippen MR) is 98.7 cm³/mol. The van der Waals surface area contributed by atoms with Gasteiger partial charge in [0.25, 0.3) is 0 Å². The maximum absolute atomic E-state index is 6.26. The first-order valence-corrected chi connectivity index (χ1v) is 9.89. The molecule has 134 valence electrons. The zero-order valence-electron chi connectivity index (χ0n) is 14.6. The van der Waals surface area contributed by atoms with Gasteiger partial charge in [0.15, 0.2) is 0 Å². The number of likely N-dealkylation sites (tertiary alicyclic amines) is 1. The average molecular weight is 359 g/mol. The number of ether oxygens (including phenoxy) is 1. The zero-order chi connectivity index (χ0) is 17.1. The largest absolute Gasteiger partial charge is 0.375 e. The molecule has 4 rings (SSSR count). The molecule has 7 heteroatoms. The number of nitrogens with zero attached hydrogens (tertiary/aromatic N) is 4. The summed E-state index contributed by atoms with van der Waals surface area (Å²) in [4.78, 5) is 16.9. The lowest BCUT2D eigenvalue weighted by Crippen LogP contribution is -2.51. The van der Waals surface area contributed by atoms with Gasteiger partial charge in [0.1, 0.15) is 0 Å². The SMILES string of the molecule is Cc1ncsc1CN1CCC2(CC1)C[C@H](Nc1ncccn1)CCO2. The van der Waals surface area contributed by atoms with Crippen molar-refractivity contribution in [2.75, 3.05) is 25.0 Å². The van der Waals surface area contributed by atoms with E-state index < -0.39 is 0 Å². The summed E-state index contributed by atoms with van der Waals surface area (Å²) in [6.07, 6.45) is 7.81. The van der Waals surface area contributed by atoms with Crippen molar-refractivity contribution in [1.29, 1.82) is 0 Å². The fourth-order valence-electron chi connectivity index (χ4n) is 3.86. The third-order valence-corrected chi connectivity index (χ3v) is 6.29.